The van der Waals surface area contributed by atoms with Crippen molar-refractivity contribution in [2.75, 3.05) is 13.7 Å². The first-order valence-electron chi connectivity index (χ1n) is 5.52. The molecule has 0 heterocycles. The Hall–Kier alpha value is -2.52. The van der Waals surface area contributed by atoms with Gasteiger partial charge >= 0.3 is 0 Å². The Labute approximate surface area is 120 Å². The first-order valence-corrected chi connectivity index (χ1v) is 5.90. The molecule has 0 aliphatic rings. The molecular weight excluding hydrogens is 282 g/mol. The maximum Gasteiger partial charge on any atom is 0.261 e. The summed E-state index contributed by atoms with van der Waals surface area (Å²) < 4.78 is 5.08. The summed E-state index contributed by atoms with van der Waals surface area (Å²) in [5.41, 5.74) is 5.47. The highest BCUT2D eigenvalue weighted by Crippen LogP contribution is 2.26. The van der Waals surface area contributed by atoms with E-state index in [9.17, 15) is 9.59 Å². The molecular formula is C13H12ClN3O3. The third-order valence-corrected chi connectivity index (χ3v) is 2.52. The summed E-state index contributed by atoms with van der Waals surface area (Å²) >= 11 is 5.96. The van der Waals surface area contributed by atoms with E-state index in [1.54, 1.807) is 12.1 Å². The van der Waals surface area contributed by atoms with Gasteiger partial charge in [0.05, 0.1) is 5.02 Å². The van der Waals surface area contributed by atoms with Crippen molar-refractivity contribution in [1.82, 2.24) is 5.32 Å². The number of nitrogens with two attached hydrogens (primary N) is 1. The van der Waals surface area contributed by atoms with Gasteiger partial charge in [0.1, 0.15) is 17.4 Å². The van der Waals surface area contributed by atoms with Gasteiger partial charge in [0, 0.05) is 7.05 Å². The normalized spacial score (nSPS) is 10.6. The number of nitrogens with zero attached hydrogens (tertiary/aromatic N) is 1. The number of nitrogens with one attached hydrogen (secondary N) is 1. The Morgan fingerprint density at radius 1 is 1.55 bits per heavy atom. The fraction of sp³-hybridized carbons (Fsp3) is 0.154. The molecule has 1 aromatic carbocycles. The average Bonchev–Trinajstić information content (AvgIpc) is 2.42. The van der Waals surface area contributed by atoms with E-state index >= 15 is 0 Å². The third-order valence-electron chi connectivity index (χ3n) is 2.23. The molecule has 0 radical (unpaired) electrons. The van der Waals surface area contributed by atoms with E-state index in [0.717, 1.165) is 0 Å². The lowest BCUT2D eigenvalue weighted by Crippen LogP contribution is -2.20. The van der Waals surface area contributed by atoms with Gasteiger partial charge in [-0.05, 0) is 23.8 Å². The van der Waals surface area contributed by atoms with E-state index in [4.69, 9.17) is 27.3 Å². The smallest absolute Gasteiger partial charge is 0.261 e. The van der Waals surface area contributed by atoms with Crippen LogP contribution in [0, 0.1) is 11.3 Å². The minimum Gasteiger partial charge on any atom is -0.482 e. The number of nitriles is 1. The average molecular weight is 294 g/mol. The van der Waals surface area contributed by atoms with Crippen LogP contribution in [0.2, 0.25) is 5.02 Å². The number of carbonyl (C=O) groups is 2. The first-order chi connectivity index (χ1) is 9.47. The maximum atomic E-state index is 11.4. The highest BCUT2D eigenvalue weighted by atomic mass is 35.5. The van der Waals surface area contributed by atoms with Gasteiger partial charge in [-0.2, -0.15) is 5.26 Å². The zero-order chi connectivity index (χ0) is 15.1. The largest absolute Gasteiger partial charge is 0.482 e. The highest BCUT2D eigenvalue weighted by Gasteiger charge is 2.08. The van der Waals surface area contributed by atoms with Crippen LogP contribution in [-0.4, -0.2) is 25.5 Å². The third kappa shape index (κ3) is 4.30. The van der Waals surface area contributed by atoms with Crippen LogP contribution in [0.1, 0.15) is 5.56 Å². The fourth-order valence-electron chi connectivity index (χ4n) is 1.32. The first kappa shape index (κ1) is 15.5. The van der Waals surface area contributed by atoms with Crippen molar-refractivity contribution in [3.8, 4) is 11.8 Å². The molecule has 0 spiro atoms. The number of ether oxygens (including phenoxy) is 1. The quantitative estimate of drug-likeness (QED) is 0.620. The molecule has 0 atom stereocenters. The molecule has 1 aromatic rings. The highest BCUT2D eigenvalue weighted by molar-refractivity contribution is 6.32. The van der Waals surface area contributed by atoms with Crippen LogP contribution in [0.5, 0.6) is 5.75 Å². The Kier molecular flexibility index (Phi) is 5.56. The van der Waals surface area contributed by atoms with Gasteiger partial charge in [-0.1, -0.05) is 17.7 Å². The molecule has 3 N–H and O–H groups in total. The van der Waals surface area contributed by atoms with Gasteiger partial charge in [0.2, 0.25) is 0 Å². The predicted octanol–water partition coefficient (Wildman–Crippen LogP) is 0.857. The number of halogens is 1. The van der Waals surface area contributed by atoms with Crippen LogP contribution in [0.15, 0.2) is 23.8 Å². The summed E-state index contributed by atoms with van der Waals surface area (Å²) in [4.78, 5) is 22.0. The second-order valence-corrected chi connectivity index (χ2v) is 4.10. The SMILES string of the molecule is CNC(=O)C(C#N)=Cc1ccc(OCC(N)=O)c(Cl)c1. The minimum atomic E-state index is -0.614. The molecule has 6 nitrogen and oxygen atoms in total. The van der Waals surface area contributed by atoms with Gasteiger partial charge < -0.3 is 15.8 Å². The summed E-state index contributed by atoms with van der Waals surface area (Å²) in [7, 11) is 1.43. The molecule has 0 fully saturated rings. The summed E-state index contributed by atoms with van der Waals surface area (Å²) in [5, 5.41) is 11.5. The second kappa shape index (κ2) is 7.16. The van der Waals surface area contributed by atoms with Gasteiger partial charge in [-0.25, -0.2) is 0 Å². The van der Waals surface area contributed by atoms with Crippen molar-refractivity contribution in [3.63, 3.8) is 0 Å². The van der Waals surface area contributed by atoms with Crippen LogP contribution < -0.4 is 15.8 Å². The van der Waals surface area contributed by atoms with Crippen LogP contribution in [0.4, 0.5) is 0 Å². The number of hydrogen-bond acceptors (Lipinski definition) is 4. The zero-order valence-corrected chi connectivity index (χ0v) is 11.4. The van der Waals surface area contributed by atoms with Crippen molar-refractivity contribution in [2.45, 2.75) is 0 Å². The number of carbonyl (C=O) groups excluding carboxylic acids is 2. The lowest BCUT2D eigenvalue weighted by atomic mass is 10.1. The number of likely N-dealkylation sites (N-methyl/N-ethyl adjacent to an activating group) is 1. The number of hydrogen-bond donors (Lipinski definition) is 2. The molecule has 0 bridgehead atoms. The Morgan fingerprint density at radius 2 is 2.25 bits per heavy atom. The Bertz CT molecular complexity index is 605. The van der Waals surface area contributed by atoms with E-state index in [1.807, 2.05) is 0 Å². The predicted molar refractivity (Wildman–Crippen MR) is 73.8 cm³/mol. The van der Waals surface area contributed by atoms with Crippen molar-refractivity contribution >= 4 is 29.5 Å². The van der Waals surface area contributed by atoms with E-state index in [-0.39, 0.29) is 17.2 Å². The molecule has 2 amide bonds. The molecule has 0 aromatic heterocycles. The topological polar surface area (TPSA) is 105 Å². The maximum absolute atomic E-state index is 11.4. The van der Waals surface area contributed by atoms with Crippen LogP contribution >= 0.6 is 11.6 Å². The summed E-state index contributed by atoms with van der Waals surface area (Å²) in [5.74, 6) is -0.810. The number of primary amides is 1. The molecule has 0 unspecified atom stereocenters. The molecule has 0 aliphatic heterocycles. The van der Waals surface area contributed by atoms with E-state index in [0.29, 0.717) is 11.3 Å². The van der Waals surface area contributed by atoms with Gasteiger partial charge in [-0.15, -0.1) is 0 Å². The van der Waals surface area contributed by atoms with Crippen molar-refractivity contribution in [2.24, 2.45) is 5.73 Å². The van der Waals surface area contributed by atoms with Gasteiger partial charge in [0.25, 0.3) is 11.8 Å². The van der Waals surface area contributed by atoms with Gasteiger partial charge in [-0.3, -0.25) is 9.59 Å². The number of benzene rings is 1. The zero-order valence-electron chi connectivity index (χ0n) is 10.6. The Morgan fingerprint density at radius 3 is 2.75 bits per heavy atom. The second-order valence-electron chi connectivity index (χ2n) is 3.69. The lowest BCUT2D eigenvalue weighted by molar-refractivity contribution is -0.120. The van der Waals surface area contributed by atoms with Crippen molar-refractivity contribution < 1.29 is 14.3 Å². The standard InChI is InChI=1S/C13H12ClN3O3/c1-17-13(19)9(6-15)4-8-2-3-11(10(14)5-8)20-7-12(16)18/h2-5H,7H2,1H3,(H2,16,18)(H,17,19). The van der Waals surface area contributed by atoms with Crippen LogP contribution in [0.25, 0.3) is 6.08 Å². The Balaban J connectivity index is 2.97. The molecule has 7 heteroatoms. The number of amides is 2. The summed E-state index contributed by atoms with van der Waals surface area (Å²) in [6, 6.07) is 6.42. The van der Waals surface area contributed by atoms with Crippen molar-refractivity contribution in [3.05, 3.63) is 34.4 Å². The molecule has 0 saturated carbocycles. The lowest BCUT2D eigenvalue weighted by Gasteiger charge is -2.06. The minimum absolute atomic E-state index is 0.0469. The summed E-state index contributed by atoms with van der Waals surface area (Å²) in [6.07, 6.45) is 1.39. The van der Waals surface area contributed by atoms with Crippen LogP contribution in [-0.2, 0) is 9.59 Å². The van der Waals surface area contributed by atoms with E-state index in [1.165, 1.54) is 25.3 Å². The molecule has 0 aliphatic carbocycles. The van der Waals surface area contributed by atoms with E-state index in [2.05, 4.69) is 5.32 Å². The molecule has 0 saturated heterocycles. The van der Waals surface area contributed by atoms with Crippen LogP contribution in [0.3, 0.4) is 0 Å². The monoisotopic (exact) mass is 293 g/mol. The molecule has 20 heavy (non-hydrogen) atoms. The summed E-state index contributed by atoms with van der Waals surface area (Å²) in [6.45, 7) is -0.281. The number of rotatable bonds is 5. The van der Waals surface area contributed by atoms with Crippen molar-refractivity contribution in [1.29, 1.82) is 5.26 Å². The molecule has 104 valence electrons. The fourth-order valence-corrected chi connectivity index (χ4v) is 1.57. The van der Waals surface area contributed by atoms with Gasteiger partial charge in [0.15, 0.2) is 6.61 Å². The molecule has 1 rings (SSSR count). The van der Waals surface area contributed by atoms with E-state index < -0.39 is 11.8 Å².